The molecule has 0 radical (unpaired) electrons. The molecule has 0 fully saturated rings. The predicted octanol–water partition coefficient (Wildman–Crippen LogP) is 0.972. The van der Waals surface area contributed by atoms with Crippen LogP contribution < -0.4 is 16.8 Å². The first-order valence-corrected chi connectivity index (χ1v) is 7.04. The van der Waals surface area contributed by atoms with Crippen molar-refractivity contribution in [1.82, 2.24) is 5.32 Å². The van der Waals surface area contributed by atoms with E-state index in [9.17, 15) is 9.59 Å². The summed E-state index contributed by atoms with van der Waals surface area (Å²) in [6.07, 6.45) is 0.381. The number of benzene rings is 2. The monoisotopic (exact) mass is 297 g/mol. The van der Waals surface area contributed by atoms with Gasteiger partial charge < -0.3 is 11.5 Å². The molecule has 1 atom stereocenters. The lowest BCUT2D eigenvalue weighted by atomic mass is 10.1. The Morgan fingerprint density at radius 1 is 0.955 bits per heavy atom. The number of rotatable bonds is 5. The van der Waals surface area contributed by atoms with E-state index in [1.165, 1.54) is 0 Å². The first kappa shape index (κ1) is 15.9. The van der Waals surface area contributed by atoms with Gasteiger partial charge in [-0.15, -0.1) is 0 Å². The Balaban J connectivity index is 1.93. The molecule has 2 aromatic carbocycles. The lowest BCUT2D eigenvalue weighted by molar-refractivity contribution is -0.121. The summed E-state index contributed by atoms with van der Waals surface area (Å²) in [6.45, 7) is 0.406. The number of carbonyl (C=O) groups is 2. The highest BCUT2D eigenvalue weighted by Crippen LogP contribution is 2.05. The molecule has 2 amide bonds. The molecular formula is C17H19N3O2. The van der Waals surface area contributed by atoms with Crippen molar-refractivity contribution in [3.05, 3.63) is 71.3 Å². The fourth-order valence-corrected chi connectivity index (χ4v) is 2.03. The van der Waals surface area contributed by atoms with Gasteiger partial charge in [0.15, 0.2) is 0 Å². The van der Waals surface area contributed by atoms with E-state index >= 15 is 0 Å². The molecule has 0 unspecified atom stereocenters. The zero-order valence-corrected chi connectivity index (χ0v) is 12.2. The van der Waals surface area contributed by atoms with Crippen LogP contribution in [-0.2, 0) is 17.8 Å². The molecule has 0 spiro atoms. The van der Waals surface area contributed by atoms with Crippen molar-refractivity contribution in [2.24, 2.45) is 11.5 Å². The highest BCUT2D eigenvalue weighted by atomic mass is 16.2. The summed E-state index contributed by atoms with van der Waals surface area (Å²) in [5.41, 5.74) is 13.6. The third-order valence-electron chi connectivity index (χ3n) is 3.32. The van der Waals surface area contributed by atoms with Crippen LogP contribution in [0.5, 0.6) is 0 Å². The van der Waals surface area contributed by atoms with Gasteiger partial charge in [0.2, 0.25) is 5.91 Å². The standard InChI is InChI=1S/C17H19N3O2/c18-11-13-6-8-14(9-7-13)16(21)20-17(22)15(19)10-12-4-2-1-3-5-12/h1-9,15H,10-11,18-19H2,(H,20,21,22)/t15-/m0/s1. The molecule has 2 aromatic rings. The highest BCUT2D eigenvalue weighted by Gasteiger charge is 2.17. The molecular weight excluding hydrogens is 278 g/mol. The molecule has 2 rings (SSSR count). The van der Waals surface area contributed by atoms with E-state index in [0.717, 1.165) is 11.1 Å². The Morgan fingerprint density at radius 3 is 2.18 bits per heavy atom. The summed E-state index contributed by atoms with van der Waals surface area (Å²) in [6, 6.07) is 15.4. The number of amides is 2. The Morgan fingerprint density at radius 2 is 1.59 bits per heavy atom. The van der Waals surface area contributed by atoms with Crippen LogP contribution in [0.3, 0.4) is 0 Å². The van der Waals surface area contributed by atoms with Crippen LogP contribution in [0.25, 0.3) is 0 Å². The molecule has 0 aliphatic heterocycles. The fraction of sp³-hybridized carbons (Fsp3) is 0.176. The minimum Gasteiger partial charge on any atom is -0.326 e. The largest absolute Gasteiger partial charge is 0.326 e. The maximum absolute atomic E-state index is 12.0. The van der Waals surface area contributed by atoms with Crippen molar-refractivity contribution >= 4 is 11.8 Å². The van der Waals surface area contributed by atoms with Gasteiger partial charge >= 0.3 is 0 Å². The number of nitrogens with two attached hydrogens (primary N) is 2. The molecule has 114 valence electrons. The van der Waals surface area contributed by atoms with Gasteiger partial charge in [-0.1, -0.05) is 42.5 Å². The number of carbonyl (C=O) groups excluding carboxylic acids is 2. The van der Waals surface area contributed by atoms with Crippen molar-refractivity contribution < 1.29 is 9.59 Å². The SMILES string of the molecule is NCc1ccc(C(=O)NC(=O)[C@@H](N)Cc2ccccc2)cc1. The summed E-state index contributed by atoms with van der Waals surface area (Å²) >= 11 is 0. The number of imide groups is 1. The van der Waals surface area contributed by atoms with Crippen LogP contribution in [0.4, 0.5) is 0 Å². The average Bonchev–Trinajstić information content (AvgIpc) is 2.55. The van der Waals surface area contributed by atoms with E-state index in [4.69, 9.17) is 11.5 Å². The van der Waals surface area contributed by atoms with Crippen LogP contribution >= 0.6 is 0 Å². The fourth-order valence-electron chi connectivity index (χ4n) is 2.03. The van der Waals surface area contributed by atoms with Gasteiger partial charge in [0.1, 0.15) is 0 Å². The second-order valence-corrected chi connectivity index (χ2v) is 5.02. The van der Waals surface area contributed by atoms with Crippen LogP contribution in [0.1, 0.15) is 21.5 Å². The van der Waals surface area contributed by atoms with E-state index in [-0.39, 0.29) is 0 Å². The Hall–Kier alpha value is -2.50. The lowest BCUT2D eigenvalue weighted by Crippen LogP contribution is -2.44. The zero-order valence-electron chi connectivity index (χ0n) is 12.2. The van der Waals surface area contributed by atoms with Crippen LogP contribution in [-0.4, -0.2) is 17.9 Å². The van der Waals surface area contributed by atoms with E-state index in [0.29, 0.717) is 18.5 Å². The van der Waals surface area contributed by atoms with E-state index in [2.05, 4.69) is 5.32 Å². The van der Waals surface area contributed by atoms with Crippen molar-refractivity contribution in [3.63, 3.8) is 0 Å². The van der Waals surface area contributed by atoms with Gasteiger partial charge in [-0.05, 0) is 29.7 Å². The van der Waals surface area contributed by atoms with Crippen molar-refractivity contribution in [2.75, 3.05) is 0 Å². The van der Waals surface area contributed by atoms with Gasteiger partial charge in [-0.25, -0.2) is 0 Å². The molecule has 22 heavy (non-hydrogen) atoms. The number of hydrogen-bond donors (Lipinski definition) is 3. The lowest BCUT2D eigenvalue weighted by Gasteiger charge is -2.11. The molecule has 0 aromatic heterocycles. The minimum atomic E-state index is -0.769. The minimum absolute atomic E-state index is 0.381. The Labute approximate surface area is 129 Å². The molecule has 0 heterocycles. The van der Waals surface area contributed by atoms with Gasteiger partial charge in [0.25, 0.3) is 5.91 Å². The van der Waals surface area contributed by atoms with Crippen molar-refractivity contribution in [1.29, 1.82) is 0 Å². The van der Waals surface area contributed by atoms with E-state index < -0.39 is 17.9 Å². The maximum Gasteiger partial charge on any atom is 0.257 e. The predicted molar refractivity (Wildman–Crippen MR) is 84.9 cm³/mol. The zero-order chi connectivity index (χ0) is 15.9. The maximum atomic E-state index is 12.0. The quantitative estimate of drug-likeness (QED) is 0.766. The van der Waals surface area contributed by atoms with Crippen molar-refractivity contribution in [2.45, 2.75) is 19.0 Å². The molecule has 0 saturated heterocycles. The molecule has 5 heteroatoms. The van der Waals surface area contributed by atoms with Gasteiger partial charge in [0.05, 0.1) is 6.04 Å². The third-order valence-corrected chi connectivity index (χ3v) is 3.32. The summed E-state index contributed by atoms with van der Waals surface area (Å²) in [4.78, 5) is 24.0. The topological polar surface area (TPSA) is 98.2 Å². The second-order valence-electron chi connectivity index (χ2n) is 5.02. The number of nitrogens with one attached hydrogen (secondary N) is 1. The summed E-state index contributed by atoms with van der Waals surface area (Å²) in [7, 11) is 0. The van der Waals surface area contributed by atoms with Gasteiger partial charge in [-0.2, -0.15) is 0 Å². The molecule has 0 aliphatic carbocycles. The smallest absolute Gasteiger partial charge is 0.257 e. The normalized spacial score (nSPS) is 11.7. The first-order chi connectivity index (χ1) is 10.6. The van der Waals surface area contributed by atoms with Gasteiger partial charge in [0, 0.05) is 12.1 Å². The second kappa shape index (κ2) is 7.49. The summed E-state index contributed by atoms with van der Waals surface area (Å²) in [5.74, 6) is -0.950. The van der Waals surface area contributed by atoms with E-state index in [1.807, 2.05) is 30.3 Å². The highest BCUT2D eigenvalue weighted by molar-refractivity contribution is 6.06. The van der Waals surface area contributed by atoms with Crippen LogP contribution in [0.15, 0.2) is 54.6 Å². The molecule has 5 N–H and O–H groups in total. The van der Waals surface area contributed by atoms with E-state index in [1.54, 1.807) is 24.3 Å². The molecule has 0 saturated carbocycles. The first-order valence-electron chi connectivity index (χ1n) is 7.04. The van der Waals surface area contributed by atoms with Crippen LogP contribution in [0.2, 0.25) is 0 Å². The Bertz CT molecular complexity index is 639. The molecule has 0 bridgehead atoms. The summed E-state index contributed by atoms with van der Waals surface area (Å²) < 4.78 is 0. The van der Waals surface area contributed by atoms with Gasteiger partial charge in [-0.3, -0.25) is 14.9 Å². The molecule has 5 nitrogen and oxygen atoms in total. The van der Waals surface area contributed by atoms with Crippen molar-refractivity contribution in [3.8, 4) is 0 Å². The average molecular weight is 297 g/mol. The summed E-state index contributed by atoms with van der Waals surface area (Å²) in [5, 5.41) is 2.32. The Kier molecular flexibility index (Phi) is 5.41. The van der Waals surface area contributed by atoms with Crippen LogP contribution in [0, 0.1) is 0 Å². The number of hydrogen-bond acceptors (Lipinski definition) is 4. The molecule has 0 aliphatic rings. The third kappa shape index (κ3) is 4.25.